The monoisotopic (exact) mass is 311 g/mol. The van der Waals surface area contributed by atoms with Crippen LogP contribution in [-0.2, 0) is 21.2 Å². The molecule has 2 N–H and O–H groups in total. The fourth-order valence-corrected chi connectivity index (χ4v) is 4.65. The average molecular weight is 311 g/mol. The largest absolute Gasteiger partial charge is 0.481 e. The quantitative estimate of drug-likeness (QED) is 0.872. The van der Waals surface area contributed by atoms with Crippen LogP contribution in [0.25, 0.3) is 0 Å². The Hall–Kier alpha value is -1.40. The van der Waals surface area contributed by atoms with E-state index in [0.29, 0.717) is 16.7 Å². The van der Waals surface area contributed by atoms with Crippen molar-refractivity contribution in [2.24, 2.45) is 0 Å². The molecule has 0 heterocycles. The van der Waals surface area contributed by atoms with Gasteiger partial charge < -0.3 is 5.11 Å². The van der Waals surface area contributed by atoms with Crippen molar-refractivity contribution in [3.05, 3.63) is 28.3 Å². The average Bonchev–Trinajstić information content (AvgIpc) is 2.28. The first-order chi connectivity index (χ1) is 9.72. The number of hydrogen-bond acceptors (Lipinski definition) is 3. The summed E-state index contributed by atoms with van der Waals surface area (Å²) in [7, 11) is -3.60. The van der Waals surface area contributed by atoms with Gasteiger partial charge >= 0.3 is 5.97 Å². The summed E-state index contributed by atoms with van der Waals surface area (Å²) in [6, 6.07) is 1.76. The minimum atomic E-state index is -3.60. The zero-order chi connectivity index (χ0) is 15.8. The molecule has 6 heteroatoms. The van der Waals surface area contributed by atoms with Gasteiger partial charge in [-0.15, -0.1) is 0 Å². The predicted octanol–water partition coefficient (Wildman–Crippen LogP) is 2.07. The molecule has 0 saturated heterocycles. The maximum Gasteiger partial charge on any atom is 0.307 e. The Kier molecular flexibility index (Phi) is 4.39. The second-order valence-corrected chi connectivity index (χ2v) is 7.41. The molecule has 1 aromatic carbocycles. The summed E-state index contributed by atoms with van der Waals surface area (Å²) in [5.41, 5.74) is 2.60. The van der Waals surface area contributed by atoms with Crippen LogP contribution in [0.3, 0.4) is 0 Å². The number of aliphatic carboxylic acids is 1. The Morgan fingerprint density at radius 2 is 1.90 bits per heavy atom. The van der Waals surface area contributed by atoms with E-state index in [2.05, 4.69) is 4.72 Å². The minimum absolute atomic E-state index is 0.0121. The van der Waals surface area contributed by atoms with E-state index in [0.717, 1.165) is 24.8 Å². The third-order valence-electron chi connectivity index (χ3n) is 4.08. The first-order valence-electron chi connectivity index (χ1n) is 7.06. The van der Waals surface area contributed by atoms with Crippen LogP contribution >= 0.6 is 0 Å². The van der Waals surface area contributed by atoms with Crippen molar-refractivity contribution in [1.29, 1.82) is 0 Å². The molecule has 1 saturated carbocycles. The lowest BCUT2D eigenvalue weighted by molar-refractivity contribution is -0.136. The summed E-state index contributed by atoms with van der Waals surface area (Å²) >= 11 is 0. The van der Waals surface area contributed by atoms with Gasteiger partial charge in [0.2, 0.25) is 10.0 Å². The number of aryl methyl sites for hydroxylation is 2. The normalized spacial score (nSPS) is 15.8. The maximum absolute atomic E-state index is 12.6. The molecule has 116 valence electrons. The van der Waals surface area contributed by atoms with Gasteiger partial charge in [-0.2, -0.15) is 0 Å². The molecule has 5 nitrogen and oxygen atoms in total. The lowest BCUT2D eigenvalue weighted by Crippen LogP contribution is -2.40. The highest BCUT2D eigenvalue weighted by Crippen LogP contribution is 2.28. The van der Waals surface area contributed by atoms with Crippen LogP contribution in [0.5, 0.6) is 0 Å². The highest BCUT2D eigenvalue weighted by atomic mass is 32.2. The van der Waals surface area contributed by atoms with Crippen LogP contribution in [0, 0.1) is 20.8 Å². The SMILES string of the molecule is Cc1cc(C)c(S(=O)(=O)NC2CCC2)c(C)c1CC(=O)O. The molecule has 0 amide bonds. The molecule has 1 aromatic rings. The number of sulfonamides is 1. The van der Waals surface area contributed by atoms with Crippen LogP contribution in [-0.4, -0.2) is 25.5 Å². The highest BCUT2D eigenvalue weighted by molar-refractivity contribution is 7.89. The molecule has 2 rings (SSSR count). The molecule has 0 aliphatic heterocycles. The smallest absolute Gasteiger partial charge is 0.307 e. The van der Waals surface area contributed by atoms with Crippen molar-refractivity contribution < 1.29 is 18.3 Å². The van der Waals surface area contributed by atoms with Gasteiger partial charge in [0, 0.05) is 6.04 Å². The topological polar surface area (TPSA) is 83.5 Å². The lowest BCUT2D eigenvalue weighted by atomic mass is 9.94. The van der Waals surface area contributed by atoms with Crippen molar-refractivity contribution >= 4 is 16.0 Å². The first kappa shape index (κ1) is 16.0. The second kappa shape index (κ2) is 5.77. The zero-order valence-corrected chi connectivity index (χ0v) is 13.4. The molecular formula is C15H21NO4S. The molecule has 0 bridgehead atoms. The summed E-state index contributed by atoms with van der Waals surface area (Å²) in [6.45, 7) is 5.25. The van der Waals surface area contributed by atoms with E-state index in [1.165, 1.54) is 0 Å². The summed E-state index contributed by atoms with van der Waals surface area (Å²) in [5.74, 6) is -0.958. The van der Waals surface area contributed by atoms with Crippen molar-refractivity contribution in [1.82, 2.24) is 4.72 Å². The summed E-state index contributed by atoms with van der Waals surface area (Å²) in [4.78, 5) is 11.2. The molecule has 0 aromatic heterocycles. The number of benzene rings is 1. The highest BCUT2D eigenvalue weighted by Gasteiger charge is 2.28. The zero-order valence-electron chi connectivity index (χ0n) is 12.6. The molecular weight excluding hydrogens is 290 g/mol. The number of carbonyl (C=O) groups is 1. The fraction of sp³-hybridized carbons (Fsp3) is 0.533. The number of carboxylic acid groups (broad SMARTS) is 1. The van der Waals surface area contributed by atoms with Crippen LogP contribution < -0.4 is 4.72 Å². The predicted molar refractivity (Wildman–Crippen MR) is 80.0 cm³/mol. The van der Waals surface area contributed by atoms with Gasteiger partial charge in [0.1, 0.15) is 0 Å². The van der Waals surface area contributed by atoms with E-state index in [4.69, 9.17) is 5.11 Å². The van der Waals surface area contributed by atoms with Gasteiger partial charge in [0.25, 0.3) is 0 Å². The summed E-state index contributed by atoms with van der Waals surface area (Å²) < 4.78 is 27.9. The van der Waals surface area contributed by atoms with Crippen LogP contribution in [0.15, 0.2) is 11.0 Å². The number of hydrogen-bond donors (Lipinski definition) is 2. The molecule has 1 fully saturated rings. The fourth-order valence-electron chi connectivity index (χ4n) is 2.85. The third-order valence-corrected chi connectivity index (χ3v) is 5.89. The molecule has 0 atom stereocenters. The van der Waals surface area contributed by atoms with Gasteiger partial charge in [-0.25, -0.2) is 13.1 Å². The molecule has 0 unspecified atom stereocenters. The Balaban J connectivity index is 2.49. The molecule has 1 aliphatic rings. The van der Waals surface area contributed by atoms with Crippen molar-refractivity contribution in [3.8, 4) is 0 Å². The van der Waals surface area contributed by atoms with E-state index < -0.39 is 16.0 Å². The molecule has 21 heavy (non-hydrogen) atoms. The Morgan fingerprint density at radius 3 is 2.38 bits per heavy atom. The third kappa shape index (κ3) is 3.27. The number of carboxylic acids is 1. The Bertz CT molecular complexity index is 675. The molecule has 1 aliphatic carbocycles. The van der Waals surface area contributed by atoms with Crippen LogP contribution in [0.4, 0.5) is 0 Å². The van der Waals surface area contributed by atoms with E-state index >= 15 is 0 Å². The van der Waals surface area contributed by atoms with Gasteiger partial charge in [-0.1, -0.05) is 12.5 Å². The maximum atomic E-state index is 12.6. The van der Waals surface area contributed by atoms with Crippen molar-refractivity contribution in [2.45, 2.75) is 57.4 Å². The van der Waals surface area contributed by atoms with E-state index in [1.54, 1.807) is 19.9 Å². The molecule has 0 spiro atoms. The number of nitrogens with one attached hydrogen (secondary N) is 1. The summed E-state index contributed by atoms with van der Waals surface area (Å²) in [5, 5.41) is 9.01. The molecule has 0 radical (unpaired) electrons. The van der Waals surface area contributed by atoms with Crippen molar-refractivity contribution in [2.75, 3.05) is 0 Å². The van der Waals surface area contributed by atoms with Gasteiger partial charge in [-0.05, 0) is 55.9 Å². The Labute approximate surface area is 125 Å². The minimum Gasteiger partial charge on any atom is -0.481 e. The van der Waals surface area contributed by atoms with E-state index in [-0.39, 0.29) is 17.4 Å². The standard InChI is InChI=1S/C15H21NO4S/c1-9-7-10(2)15(11(3)13(9)8-14(17)18)21(19,20)16-12-5-4-6-12/h7,12,16H,4-6,8H2,1-3H3,(H,17,18). The van der Waals surface area contributed by atoms with E-state index in [1.807, 2.05) is 6.92 Å². The van der Waals surface area contributed by atoms with Crippen LogP contribution in [0.2, 0.25) is 0 Å². The second-order valence-electron chi connectivity index (χ2n) is 5.76. The van der Waals surface area contributed by atoms with Crippen molar-refractivity contribution in [3.63, 3.8) is 0 Å². The van der Waals surface area contributed by atoms with Gasteiger partial charge in [0.15, 0.2) is 0 Å². The first-order valence-corrected chi connectivity index (χ1v) is 8.54. The van der Waals surface area contributed by atoms with Gasteiger partial charge in [-0.3, -0.25) is 4.79 Å². The lowest BCUT2D eigenvalue weighted by Gasteiger charge is -2.27. The van der Waals surface area contributed by atoms with Crippen LogP contribution in [0.1, 0.15) is 41.5 Å². The number of rotatable bonds is 5. The van der Waals surface area contributed by atoms with Gasteiger partial charge in [0.05, 0.1) is 11.3 Å². The Morgan fingerprint density at radius 1 is 1.29 bits per heavy atom. The van der Waals surface area contributed by atoms with E-state index in [9.17, 15) is 13.2 Å². The summed E-state index contributed by atoms with van der Waals surface area (Å²) in [6.07, 6.45) is 2.61.